The van der Waals surface area contributed by atoms with E-state index in [1.54, 1.807) is 12.1 Å². The van der Waals surface area contributed by atoms with Gasteiger partial charge in [0.2, 0.25) is 0 Å². The minimum atomic E-state index is -4.19. The van der Waals surface area contributed by atoms with E-state index in [1.165, 1.54) is 12.1 Å². The van der Waals surface area contributed by atoms with Crippen molar-refractivity contribution < 1.29 is 22.3 Å². The molecule has 2 aromatic rings. The third-order valence-corrected chi connectivity index (χ3v) is 4.18. The Kier molecular flexibility index (Phi) is 5.30. The van der Waals surface area contributed by atoms with Gasteiger partial charge in [0.1, 0.15) is 16.5 Å². The van der Waals surface area contributed by atoms with Gasteiger partial charge in [0.15, 0.2) is 6.61 Å². The Morgan fingerprint density at radius 2 is 1.78 bits per heavy atom. The maximum atomic E-state index is 13.5. The number of nitrogens with one attached hydrogen (secondary N) is 2. The lowest BCUT2D eigenvalue weighted by Gasteiger charge is -2.11. The largest absolute Gasteiger partial charge is 0.483 e. The second kappa shape index (κ2) is 7.21. The fourth-order valence-corrected chi connectivity index (χ4v) is 2.68. The lowest BCUT2D eigenvalue weighted by Crippen LogP contribution is -2.44. The van der Waals surface area contributed by atoms with Crippen molar-refractivity contribution in [2.24, 2.45) is 0 Å². The topological polar surface area (TPSA) is 84.5 Å². The zero-order chi connectivity index (χ0) is 16.9. The molecule has 0 saturated carbocycles. The number of hydrazine groups is 1. The van der Waals surface area contributed by atoms with Crippen LogP contribution in [0, 0.1) is 12.7 Å². The molecule has 23 heavy (non-hydrogen) atoms. The van der Waals surface area contributed by atoms with Crippen LogP contribution in [-0.4, -0.2) is 20.9 Å². The summed E-state index contributed by atoms with van der Waals surface area (Å²) in [5.41, 5.74) is 2.81. The first-order chi connectivity index (χ1) is 10.9. The van der Waals surface area contributed by atoms with Gasteiger partial charge in [-0.2, -0.15) is 0 Å². The fourth-order valence-electron chi connectivity index (χ4n) is 1.74. The predicted molar refractivity (Wildman–Crippen MR) is 81.5 cm³/mol. The maximum absolute atomic E-state index is 13.5. The molecule has 0 spiro atoms. The van der Waals surface area contributed by atoms with Gasteiger partial charge in [-0.25, -0.2) is 12.8 Å². The first kappa shape index (κ1) is 16.9. The van der Waals surface area contributed by atoms with Gasteiger partial charge in [-0.05, 0) is 30.7 Å². The van der Waals surface area contributed by atoms with E-state index in [-0.39, 0.29) is 6.61 Å². The average molecular weight is 338 g/mol. The molecule has 0 aliphatic heterocycles. The van der Waals surface area contributed by atoms with Crippen LogP contribution in [0.15, 0.2) is 53.4 Å². The number of hydrogen-bond donors (Lipinski definition) is 2. The molecular formula is C15H15FN2O4S. The van der Waals surface area contributed by atoms with Gasteiger partial charge in [-0.15, -0.1) is 4.83 Å². The number of amides is 1. The highest BCUT2D eigenvalue weighted by molar-refractivity contribution is 7.89. The molecule has 0 aliphatic rings. The number of aryl methyl sites for hydroxylation is 1. The Morgan fingerprint density at radius 1 is 1.13 bits per heavy atom. The van der Waals surface area contributed by atoms with Gasteiger partial charge in [0.25, 0.3) is 15.9 Å². The first-order valence-corrected chi connectivity index (χ1v) is 8.12. The van der Waals surface area contributed by atoms with Crippen molar-refractivity contribution in [1.82, 2.24) is 10.3 Å². The molecule has 0 atom stereocenters. The number of para-hydroxylation sites is 1. The van der Waals surface area contributed by atoms with E-state index < -0.39 is 26.6 Å². The van der Waals surface area contributed by atoms with E-state index in [0.29, 0.717) is 5.75 Å². The van der Waals surface area contributed by atoms with Gasteiger partial charge in [0, 0.05) is 0 Å². The predicted octanol–water partition coefficient (Wildman–Crippen LogP) is 1.52. The zero-order valence-electron chi connectivity index (χ0n) is 12.2. The summed E-state index contributed by atoms with van der Waals surface area (Å²) in [5.74, 6) is -1.11. The van der Waals surface area contributed by atoms with Gasteiger partial charge < -0.3 is 4.74 Å². The molecule has 0 saturated heterocycles. The van der Waals surface area contributed by atoms with Crippen LogP contribution in [0.3, 0.4) is 0 Å². The van der Waals surface area contributed by atoms with Crippen molar-refractivity contribution in [2.75, 3.05) is 6.61 Å². The van der Waals surface area contributed by atoms with Crippen molar-refractivity contribution in [3.05, 3.63) is 59.9 Å². The number of rotatable bonds is 6. The van der Waals surface area contributed by atoms with Crippen LogP contribution in [0.25, 0.3) is 0 Å². The molecule has 122 valence electrons. The van der Waals surface area contributed by atoms with E-state index in [4.69, 9.17) is 4.74 Å². The average Bonchev–Trinajstić information content (AvgIpc) is 2.52. The lowest BCUT2D eigenvalue weighted by atomic mass is 10.2. The van der Waals surface area contributed by atoms with Crippen LogP contribution in [0.1, 0.15) is 5.56 Å². The Bertz CT molecular complexity index is 809. The van der Waals surface area contributed by atoms with E-state index in [1.807, 2.05) is 29.3 Å². The molecule has 0 radical (unpaired) electrons. The molecule has 2 N–H and O–H groups in total. The summed E-state index contributed by atoms with van der Waals surface area (Å²) in [7, 11) is -4.19. The van der Waals surface area contributed by atoms with Crippen molar-refractivity contribution >= 4 is 15.9 Å². The quantitative estimate of drug-likeness (QED) is 0.782. The number of ether oxygens (including phenoxy) is 1. The van der Waals surface area contributed by atoms with E-state index in [9.17, 15) is 17.6 Å². The molecule has 1 amide bonds. The van der Waals surface area contributed by atoms with Gasteiger partial charge in [-0.3, -0.25) is 10.2 Å². The highest BCUT2D eigenvalue weighted by Crippen LogP contribution is 2.15. The van der Waals surface area contributed by atoms with E-state index in [0.717, 1.165) is 17.7 Å². The number of carbonyl (C=O) groups is 1. The molecular weight excluding hydrogens is 323 g/mol. The van der Waals surface area contributed by atoms with E-state index in [2.05, 4.69) is 0 Å². The molecule has 2 aromatic carbocycles. The van der Waals surface area contributed by atoms with Crippen LogP contribution in [0.5, 0.6) is 5.75 Å². The van der Waals surface area contributed by atoms with E-state index >= 15 is 0 Å². The lowest BCUT2D eigenvalue weighted by molar-refractivity contribution is -0.123. The minimum Gasteiger partial charge on any atom is -0.483 e. The summed E-state index contributed by atoms with van der Waals surface area (Å²) in [5, 5.41) is 0. The second-order valence-corrected chi connectivity index (χ2v) is 6.29. The Balaban J connectivity index is 1.92. The normalized spacial score (nSPS) is 11.0. The van der Waals surface area contributed by atoms with Crippen LogP contribution in [-0.2, 0) is 14.8 Å². The summed E-state index contributed by atoms with van der Waals surface area (Å²) in [6.45, 7) is 1.43. The van der Waals surface area contributed by atoms with Gasteiger partial charge in [-0.1, -0.05) is 30.3 Å². The maximum Gasteiger partial charge on any atom is 0.272 e. The minimum absolute atomic E-state index is 0.384. The fraction of sp³-hybridized carbons (Fsp3) is 0.133. The second-order valence-electron chi connectivity index (χ2n) is 4.64. The van der Waals surface area contributed by atoms with Crippen LogP contribution < -0.4 is 15.0 Å². The molecule has 8 heteroatoms. The van der Waals surface area contributed by atoms with Crippen LogP contribution >= 0.6 is 0 Å². The molecule has 6 nitrogen and oxygen atoms in total. The Labute approximate surface area is 133 Å². The van der Waals surface area contributed by atoms with Crippen molar-refractivity contribution in [3.8, 4) is 5.75 Å². The molecule has 0 unspecified atom stereocenters. The van der Waals surface area contributed by atoms with Crippen molar-refractivity contribution in [2.45, 2.75) is 11.8 Å². The third kappa shape index (κ3) is 4.51. The summed E-state index contributed by atoms with van der Waals surface area (Å²) >= 11 is 0. The Morgan fingerprint density at radius 3 is 2.48 bits per heavy atom. The summed E-state index contributed by atoms with van der Waals surface area (Å²) in [6, 6.07) is 11.9. The summed E-state index contributed by atoms with van der Waals surface area (Å²) in [4.78, 5) is 12.9. The molecule has 0 heterocycles. The smallest absolute Gasteiger partial charge is 0.272 e. The monoisotopic (exact) mass is 338 g/mol. The summed E-state index contributed by atoms with van der Waals surface area (Å²) in [6.07, 6.45) is 0. The zero-order valence-corrected chi connectivity index (χ0v) is 13.1. The third-order valence-electron chi connectivity index (χ3n) is 2.90. The molecule has 0 bridgehead atoms. The summed E-state index contributed by atoms with van der Waals surface area (Å²) < 4.78 is 42.5. The first-order valence-electron chi connectivity index (χ1n) is 6.64. The number of carbonyl (C=O) groups excluding carboxylic acids is 1. The molecule has 0 aliphatic carbocycles. The van der Waals surface area contributed by atoms with Gasteiger partial charge in [0.05, 0.1) is 0 Å². The highest BCUT2D eigenvalue weighted by Gasteiger charge is 2.19. The number of benzene rings is 2. The van der Waals surface area contributed by atoms with Gasteiger partial charge >= 0.3 is 0 Å². The molecule has 0 fully saturated rings. The SMILES string of the molecule is Cc1ccccc1OCC(=O)NNS(=O)(=O)c1ccccc1F. The standard InChI is InChI=1S/C15H15FN2O4S/c1-11-6-2-4-8-13(11)22-10-15(19)17-18-23(20,21)14-9-5-3-7-12(14)16/h2-9,18H,10H2,1H3,(H,17,19). The molecule has 0 aromatic heterocycles. The number of halogens is 1. The Hall–Kier alpha value is -2.45. The van der Waals surface area contributed by atoms with Crippen molar-refractivity contribution in [3.63, 3.8) is 0 Å². The van der Waals surface area contributed by atoms with Crippen LogP contribution in [0.2, 0.25) is 0 Å². The molecule has 2 rings (SSSR count). The highest BCUT2D eigenvalue weighted by atomic mass is 32.2. The number of hydrogen-bond acceptors (Lipinski definition) is 4. The number of sulfonamides is 1. The van der Waals surface area contributed by atoms with Crippen LogP contribution in [0.4, 0.5) is 4.39 Å². The van der Waals surface area contributed by atoms with Crippen molar-refractivity contribution in [1.29, 1.82) is 0 Å².